The monoisotopic (exact) mass is 311 g/mol. The smallest absolute Gasteiger partial charge is 0.341 e. The molecular formula is C15H21NO6. The number of ether oxygens (including phenoxy) is 3. The molecule has 0 spiro atoms. The molecule has 1 unspecified atom stereocenters. The minimum atomic E-state index is -1.05. The van der Waals surface area contributed by atoms with Gasteiger partial charge < -0.3 is 24.6 Å². The van der Waals surface area contributed by atoms with Crippen molar-refractivity contribution < 1.29 is 28.9 Å². The van der Waals surface area contributed by atoms with E-state index < -0.39 is 18.7 Å². The molecule has 0 aliphatic carbocycles. The van der Waals surface area contributed by atoms with Crippen molar-refractivity contribution >= 4 is 17.6 Å². The van der Waals surface area contributed by atoms with Gasteiger partial charge in [-0.15, -0.1) is 0 Å². The summed E-state index contributed by atoms with van der Waals surface area (Å²) in [5.74, 6) is -0.896. The molecule has 0 aliphatic rings. The lowest BCUT2D eigenvalue weighted by Gasteiger charge is -2.13. The van der Waals surface area contributed by atoms with E-state index in [9.17, 15) is 9.59 Å². The van der Waals surface area contributed by atoms with Gasteiger partial charge in [0.1, 0.15) is 11.9 Å². The predicted octanol–water partition coefficient (Wildman–Crippen LogP) is 1.53. The van der Waals surface area contributed by atoms with Gasteiger partial charge in [0.05, 0.1) is 13.2 Å². The maximum Gasteiger partial charge on any atom is 0.341 e. The Morgan fingerprint density at radius 2 is 1.91 bits per heavy atom. The number of benzene rings is 1. The molecule has 0 heterocycles. The normalized spacial score (nSPS) is 11.7. The SMILES string of the molecule is CCOCCOC(C)C(=O)Nc1ccc(OCC(=O)O)cc1. The summed E-state index contributed by atoms with van der Waals surface area (Å²) in [4.78, 5) is 22.3. The highest BCUT2D eigenvalue weighted by Gasteiger charge is 2.13. The van der Waals surface area contributed by atoms with E-state index in [-0.39, 0.29) is 5.91 Å². The van der Waals surface area contributed by atoms with E-state index in [1.807, 2.05) is 6.92 Å². The number of amides is 1. The van der Waals surface area contributed by atoms with E-state index in [2.05, 4.69) is 5.32 Å². The Bertz CT molecular complexity index is 473. The zero-order chi connectivity index (χ0) is 16.4. The summed E-state index contributed by atoms with van der Waals surface area (Å²) in [5.41, 5.74) is 0.577. The number of carbonyl (C=O) groups is 2. The molecule has 1 aromatic rings. The molecule has 0 bridgehead atoms. The minimum Gasteiger partial charge on any atom is -0.482 e. The molecule has 0 fully saturated rings. The van der Waals surface area contributed by atoms with Crippen LogP contribution in [0.2, 0.25) is 0 Å². The number of carbonyl (C=O) groups excluding carboxylic acids is 1. The van der Waals surface area contributed by atoms with Crippen LogP contribution in [-0.2, 0) is 19.1 Å². The Morgan fingerprint density at radius 1 is 1.23 bits per heavy atom. The fourth-order valence-corrected chi connectivity index (χ4v) is 1.53. The fourth-order valence-electron chi connectivity index (χ4n) is 1.53. The third-order valence-corrected chi connectivity index (χ3v) is 2.65. The van der Waals surface area contributed by atoms with Crippen LogP contribution in [0, 0.1) is 0 Å². The van der Waals surface area contributed by atoms with Gasteiger partial charge in [-0.05, 0) is 38.1 Å². The van der Waals surface area contributed by atoms with Crippen molar-refractivity contribution in [3.63, 3.8) is 0 Å². The second-order valence-electron chi connectivity index (χ2n) is 4.41. The maximum absolute atomic E-state index is 11.9. The van der Waals surface area contributed by atoms with Gasteiger partial charge in [0, 0.05) is 12.3 Å². The largest absolute Gasteiger partial charge is 0.482 e. The lowest BCUT2D eigenvalue weighted by atomic mass is 10.3. The van der Waals surface area contributed by atoms with Gasteiger partial charge in [-0.1, -0.05) is 0 Å². The summed E-state index contributed by atoms with van der Waals surface area (Å²) >= 11 is 0. The average Bonchev–Trinajstić information content (AvgIpc) is 2.50. The van der Waals surface area contributed by atoms with Crippen LogP contribution in [0.25, 0.3) is 0 Å². The van der Waals surface area contributed by atoms with Crippen LogP contribution in [0.4, 0.5) is 5.69 Å². The summed E-state index contributed by atoms with van der Waals surface area (Å²) < 4.78 is 15.5. The Balaban J connectivity index is 2.38. The quantitative estimate of drug-likeness (QED) is 0.636. The maximum atomic E-state index is 11.9. The first-order chi connectivity index (χ1) is 10.5. The van der Waals surface area contributed by atoms with Crippen LogP contribution in [0.3, 0.4) is 0 Å². The first kappa shape index (κ1) is 17.9. The van der Waals surface area contributed by atoms with Crippen LogP contribution < -0.4 is 10.1 Å². The molecule has 0 aliphatic heterocycles. The molecule has 22 heavy (non-hydrogen) atoms. The molecule has 1 amide bonds. The molecule has 1 rings (SSSR count). The summed E-state index contributed by atoms with van der Waals surface area (Å²) in [6, 6.07) is 6.42. The first-order valence-electron chi connectivity index (χ1n) is 6.97. The third kappa shape index (κ3) is 7.05. The number of carboxylic acids is 1. The molecule has 122 valence electrons. The van der Waals surface area contributed by atoms with Crippen LogP contribution in [0.15, 0.2) is 24.3 Å². The number of hydrogen-bond donors (Lipinski definition) is 2. The van der Waals surface area contributed by atoms with E-state index in [1.54, 1.807) is 31.2 Å². The zero-order valence-electron chi connectivity index (χ0n) is 12.7. The Labute approximate surface area is 129 Å². The number of carboxylic acid groups (broad SMARTS) is 1. The number of anilines is 1. The van der Waals surface area contributed by atoms with Crippen molar-refractivity contribution in [2.45, 2.75) is 20.0 Å². The Morgan fingerprint density at radius 3 is 2.50 bits per heavy atom. The van der Waals surface area contributed by atoms with Crippen molar-refractivity contribution in [3.05, 3.63) is 24.3 Å². The van der Waals surface area contributed by atoms with Crippen molar-refractivity contribution in [1.82, 2.24) is 0 Å². The lowest BCUT2D eigenvalue weighted by molar-refractivity contribution is -0.139. The first-order valence-corrected chi connectivity index (χ1v) is 6.97. The second-order valence-corrected chi connectivity index (χ2v) is 4.41. The standard InChI is InChI=1S/C15H21NO6/c1-3-20-8-9-21-11(2)15(19)16-12-4-6-13(7-5-12)22-10-14(17)18/h4-7,11H,3,8-10H2,1-2H3,(H,16,19)(H,17,18). The predicted molar refractivity (Wildman–Crippen MR) is 80.1 cm³/mol. The number of hydrogen-bond acceptors (Lipinski definition) is 5. The van der Waals surface area contributed by atoms with Gasteiger partial charge in [0.25, 0.3) is 5.91 Å². The Kier molecular flexibility index (Phi) is 7.95. The average molecular weight is 311 g/mol. The van der Waals surface area contributed by atoms with E-state index in [0.29, 0.717) is 31.3 Å². The lowest BCUT2D eigenvalue weighted by Crippen LogP contribution is -2.28. The van der Waals surface area contributed by atoms with E-state index in [4.69, 9.17) is 19.3 Å². The summed E-state index contributed by atoms with van der Waals surface area (Å²) in [5, 5.41) is 11.2. The van der Waals surface area contributed by atoms with Gasteiger partial charge >= 0.3 is 5.97 Å². The summed E-state index contributed by atoms with van der Waals surface area (Å²) in [6.45, 7) is 4.55. The highest BCUT2D eigenvalue weighted by atomic mass is 16.5. The molecule has 0 saturated carbocycles. The molecule has 7 heteroatoms. The van der Waals surface area contributed by atoms with Crippen LogP contribution in [0.1, 0.15) is 13.8 Å². The molecule has 0 radical (unpaired) electrons. The second kappa shape index (κ2) is 9.75. The van der Waals surface area contributed by atoms with Gasteiger partial charge in [0.2, 0.25) is 0 Å². The summed E-state index contributed by atoms with van der Waals surface area (Å²) in [6.07, 6.45) is -0.594. The van der Waals surface area contributed by atoms with Crippen molar-refractivity contribution in [1.29, 1.82) is 0 Å². The molecule has 1 atom stereocenters. The van der Waals surface area contributed by atoms with E-state index >= 15 is 0 Å². The molecule has 1 aromatic carbocycles. The van der Waals surface area contributed by atoms with Crippen LogP contribution >= 0.6 is 0 Å². The van der Waals surface area contributed by atoms with Crippen molar-refractivity contribution in [2.24, 2.45) is 0 Å². The van der Waals surface area contributed by atoms with Gasteiger partial charge in [-0.2, -0.15) is 0 Å². The zero-order valence-corrected chi connectivity index (χ0v) is 12.7. The van der Waals surface area contributed by atoms with Crippen molar-refractivity contribution in [3.8, 4) is 5.75 Å². The molecule has 0 saturated heterocycles. The van der Waals surface area contributed by atoms with Crippen molar-refractivity contribution in [2.75, 3.05) is 31.7 Å². The highest BCUT2D eigenvalue weighted by Crippen LogP contribution is 2.16. The number of aliphatic carboxylic acids is 1. The highest BCUT2D eigenvalue weighted by molar-refractivity contribution is 5.93. The van der Waals surface area contributed by atoms with E-state index in [1.165, 1.54) is 0 Å². The third-order valence-electron chi connectivity index (χ3n) is 2.65. The van der Waals surface area contributed by atoms with Crippen LogP contribution in [0.5, 0.6) is 5.75 Å². The van der Waals surface area contributed by atoms with Gasteiger partial charge in [0.15, 0.2) is 6.61 Å². The minimum absolute atomic E-state index is 0.268. The molecule has 0 aromatic heterocycles. The van der Waals surface area contributed by atoms with Crippen LogP contribution in [-0.4, -0.2) is 49.5 Å². The fraction of sp³-hybridized carbons (Fsp3) is 0.467. The molecular weight excluding hydrogens is 290 g/mol. The summed E-state index contributed by atoms with van der Waals surface area (Å²) in [7, 11) is 0. The number of rotatable bonds is 10. The molecule has 7 nitrogen and oxygen atoms in total. The van der Waals surface area contributed by atoms with Gasteiger partial charge in [-0.25, -0.2) is 4.79 Å². The Hall–Kier alpha value is -2.12. The number of nitrogens with one attached hydrogen (secondary N) is 1. The van der Waals surface area contributed by atoms with E-state index in [0.717, 1.165) is 0 Å². The molecule has 2 N–H and O–H groups in total. The van der Waals surface area contributed by atoms with Gasteiger partial charge in [-0.3, -0.25) is 4.79 Å². The topological polar surface area (TPSA) is 94.1 Å².